The van der Waals surface area contributed by atoms with E-state index in [1.54, 1.807) is 6.07 Å². The maximum atomic E-state index is 12.8. The topological polar surface area (TPSA) is 96.0 Å². The predicted molar refractivity (Wildman–Crippen MR) is 93.2 cm³/mol. The molecule has 6 heteroatoms. The molecule has 0 radical (unpaired) electrons. The zero-order chi connectivity index (χ0) is 17.8. The highest BCUT2D eigenvalue weighted by atomic mass is 16.5. The van der Waals surface area contributed by atoms with Crippen LogP contribution in [-0.2, 0) is 16.6 Å². The Bertz CT molecular complexity index is 837. The molecule has 138 valence electrons. The van der Waals surface area contributed by atoms with Crippen LogP contribution >= 0.6 is 0 Å². The van der Waals surface area contributed by atoms with Crippen LogP contribution in [0.4, 0.5) is 0 Å². The van der Waals surface area contributed by atoms with Crippen LogP contribution in [-0.4, -0.2) is 57.8 Å². The number of carbonyl (C=O) groups is 1. The van der Waals surface area contributed by atoms with Gasteiger partial charge in [0, 0.05) is 30.6 Å². The molecular weight excluding hydrogens is 332 g/mol. The van der Waals surface area contributed by atoms with Gasteiger partial charge in [-0.05, 0) is 49.8 Å². The number of aromatic hydroxyl groups is 1. The number of Topliss-reactive ketones (excluding diaryl/α,β-unsaturated/α-hetero) is 1. The van der Waals surface area contributed by atoms with Gasteiger partial charge >= 0.3 is 0 Å². The highest BCUT2D eigenvalue weighted by Crippen LogP contribution is 2.64. The number of benzene rings is 1. The molecule has 2 bridgehead atoms. The summed E-state index contributed by atoms with van der Waals surface area (Å²) < 4.78 is 6.03. The SMILES string of the molecule is NC1CC(=O)[C@@H]2Oc3c(O)ccc4c3[C@@]23CCN(CC2CC2)C(C4)[C@]13O. The average Bonchev–Trinajstić information content (AvgIpc) is 3.34. The van der Waals surface area contributed by atoms with Gasteiger partial charge in [0.2, 0.25) is 0 Å². The zero-order valence-corrected chi connectivity index (χ0v) is 14.6. The number of ketones is 1. The van der Waals surface area contributed by atoms with Crippen molar-refractivity contribution in [1.29, 1.82) is 0 Å². The third-order valence-corrected chi connectivity index (χ3v) is 7.69. The number of nitrogens with two attached hydrogens (primary N) is 1. The lowest BCUT2D eigenvalue weighted by molar-refractivity contribution is -0.196. The number of carbonyl (C=O) groups excluding carboxylic acids is 1. The molecule has 1 aromatic rings. The van der Waals surface area contributed by atoms with Gasteiger partial charge in [-0.25, -0.2) is 0 Å². The summed E-state index contributed by atoms with van der Waals surface area (Å²) in [7, 11) is 0. The zero-order valence-electron chi connectivity index (χ0n) is 14.6. The van der Waals surface area contributed by atoms with Gasteiger partial charge in [-0.3, -0.25) is 9.69 Å². The number of aliphatic hydroxyl groups is 1. The molecule has 0 amide bonds. The molecule has 2 heterocycles. The molecule has 5 aliphatic rings. The number of rotatable bonds is 2. The normalized spacial score (nSPS) is 43.2. The molecule has 0 aromatic heterocycles. The van der Waals surface area contributed by atoms with Gasteiger partial charge in [-0.1, -0.05) is 6.07 Å². The smallest absolute Gasteiger partial charge is 0.176 e. The van der Waals surface area contributed by atoms with Gasteiger partial charge < -0.3 is 20.7 Å². The molecule has 2 saturated carbocycles. The van der Waals surface area contributed by atoms with Crippen LogP contribution < -0.4 is 10.5 Å². The number of hydrogen-bond donors (Lipinski definition) is 3. The van der Waals surface area contributed by atoms with E-state index in [1.807, 2.05) is 6.07 Å². The van der Waals surface area contributed by atoms with E-state index in [4.69, 9.17) is 10.5 Å². The largest absolute Gasteiger partial charge is 0.504 e. The number of nitrogens with zero attached hydrogens (tertiary/aromatic N) is 1. The Morgan fingerprint density at radius 2 is 2.12 bits per heavy atom. The molecule has 6 rings (SSSR count). The Kier molecular flexibility index (Phi) is 2.74. The standard InChI is InChI=1S/C20H24N2O4/c21-14-8-13(24)18-19-5-6-22(9-10-1-2-10)15(20(14,19)25)7-11-3-4-12(23)17(26-18)16(11)19/h3-4,10,14-15,18,23,25H,1-2,5-9,21H2/t14?,15?,18-,19-,20+/m0/s1. The summed E-state index contributed by atoms with van der Waals surface area (Å²) in [5, 5.41) is 22.5. The third-order valence-electron chi connectivity index (χ3n) is 7.69. The van der Waals surface area contributed by atoms with Crippen LogP contribution in [0.3, 0.4) is 0 Å². The van der Waals surface area contributed by atoms with Crippen LogP contribution in [0.2, 0.25) is 0 Å². The maximum absolute atomic E-state index is 12.8. The van der Waals surface area contributed by atoms with Gasteiger partial charge in [0.1, 0.15) is 5.60 Å². The van der Waals surface area contributed by atoms with E-state index in [0.29, 0.717) is 18.6 Å². The lowest BCUT2D eigenvalue weighted by Gasteiger charge is -2.64. The summed E-state index contributed by atoms with van der Waals surface area (Å²) in [6, 6.07) is 2.87. The Balaban J connectivity index is 1.60. The summed E-state index contributed by atoms with van der Waals surface area (Å²) in [5.74, 6) is 1.11. The minimum Gasteiger partial charge on any atom is -0.504 e. The second-order valence-electron chi connectivity index (χ2n) is 8.93. The van der Waals surface area contributed by atoms with Crippen LogP contribution in [0.5, 0.6) is 11.5 Å². The van der Waals surface area contributed by atoms with E-state index in [2.05, 4.69) is 4.90 Å². The van der Waals surface area contributed by atoms with Crippen molar-refractivity contribution in [1.82, 2.24) is 4.90 Å². The molecule has 26 heavy (non-hydrogen) atoms. The highest BCUT2D eigenvalue weighted by molar-refractivity contribution is 5.90. The minimum atomic E-state index is -1.20. The number of phenolic OH excluding ortho intramolecular Hbond substituents is 1. The van der Waals surface area contributed by atoms with Gasteiger partial charge in [0.25, 0.3) is 0 Å². The highest BCUT2D eigenvalue weighted by Gasteiger charge is 2.75. The van der Waals surface area contributed by atoms with Crippen molar-refractivity contribution in [2.45, 2.75) is 61.3 Å². The van der Waals surface area contributed by atoms with Crippen LogP contribution in [0, 0.1) is 5.92 Å². The monoisotopic (exact) mass is 356 g/mol. The fourth-order valence-electron chi connectivity index (χ4n) is 6.40. The van der Waals surface area contributed by atoms with Crippen LogP contribution in [0.15, 0.2) is 12.1 Å². The van der Waals surface area contributed by atoms with E-state index < -0.39 is 23.2 Å². The number of hydrogen-bond acceptors (Lipinski definition) is 6. The lowest BCUT2D eigenvalue weighted by Crippen LogP contribution is -2.82. The maximum Gasteiger partial charge on any atom is 0.176 e. The van der Waals surface area contributed by atoms with Crippen LogP contribution in [0.25, 0.3) is 0 Å². The lowest BCUT2D eigenvalue weighted by atomic mass is 9.47. The first-order valence-electron chi connectivity index (χ1n) is 9.73. The molecule has 2 unspecified atom stereocenters. The van der Waals surface area contributed by atoms with E-state index in [9.17, 15) is 15.0 Å². The van der Waals surface area contributed by atoms with Gasteiger partial charge in [0.05, 0.1) is 5.41 Å². The second-order valence-corrected chi connectivity index (χ2v) is 8.93. The van der Waals surface area contributed by atoms with Crippen molar-refractivity contribution in [2.75, 3.05) is 13.1 Å². The van der Waals surface area contributed by atoms with E-state index in [0.717, 1.165) is 30.1 Å². The fourth-order valence-corrected chi connectivity index (χ4v) is 6.40. The molecule has 1 spiro atoms. The first-order valence-corrected chi connectivity index (χ1v) is 9.73. The van der Waals surface area contributed by atoms with E-state index in [-0.39, 0.29) is 24.0 Å². The van der Waals surface area contributed by atoms with Crippen molar-refractivity contribution in [3.63, 3.8) is 0 Å². The van der Waals surface area contributed by atoms with Gasteiger partial charge in [-0.2, -0.15) is 0 Å². The molecule has 5 atom stereocenters. The van der Waals surface area contributed by atoms with Crippen molar-refractivity contribution >= 4 is 5.78 Å². The number of phenols is 1. The quantitative estimate of drug-likeness (QED) is 0.713. The van der Waals surface area contributed by atoms with Crippen LogP contribution in [0.1, 0.15) is 36.8 Å². The number of piperidine rings is 1. The summed E-state index contributed by atoms with van der Waals surface area (Å²) >= 11 is 0. The molecular formula is C20H24N2O4. The van der Waals surface area contributed by atoms with Crippen molar-refractivity contribution in [3.05, 3.63) is 23.3 Å². The summed E-state index contributed by atoms with van der Waals surface area (Å²) in [6.45, 7) is 1.83. The molecule has 1 aromatic carbocycles. The Hall–Kier alpha value is -1.63. The van der Waals surface area contributed by atoms with Crippen molar-refractivity contribution in [2.24, 2.45) is 11.7 Å². The minimum absolute atomic E-state index is 0.0510. The molecule has 3 fully saturated rings. The predicted octanol–water partition coefficient (Wildman–Crippen LogP) is 0.463. The Morgan fingerprint density at radius 3 is 2.88 bits per heavy atom. The Morgan fingerprint density at radius 1 is 1.31 bits per heavy atom. The fraction of sp³-hybridized carbons (Fsp3) is 0.650. The Labute approximate surface area is 151 Å². The van der Waals surface area contributed by atoms with Gasteiger partial charge in [-0.15, -0.1) is 0 Å². The first kappa shape index (κ1) is 15.4. The molecule has 3 aliphatic carbocycles. The number of ether oxygens (including phenoxy) is 1. The first-order chi connectivity index (χ1) is 12.5. The molecule has 1 saturated heterocycles. The van der Waals surface area contributed by atoms with E-state index in [1.165, 1.54) is 12.8 Å². The van der Waals surface area contributed by atoms with E-state index >= 15 is 0 Å². The number of likely N-dealkylation sites (tertiary alicyclic amines) is 1. The van der Waals surface area contributed by atoms with Crippen molar-refractivity contribution in [3.8, 4) is 11.5 Å². The third kappa shape index (κ3) is 1.54. The van der Waals surface area contributed by atoms with Gasteiger partial charge in [0.15, 0.2) is 23.4 Å². The summed E-state index contributed by atoms with van der Waals surface area (Å²) in [4.78, 5) is 15.2. The molecule has 2 aliphatic heterocycles. The summed E-state index contributed by atoms with van der Waals surface area (Å²) in [5.41, 5.74) is 6.37. The second kappa shape index (κ2) is 4.61. The molecule has 4 N–H and O–H groups in total. The molecule has 6 nitrogen and oxygen atoms in total. The summed E-state index contributed by atoms with van der Waals surface area (Å²) in [6.07, 6.45) is 3.24. The van der Waals surface area contributed by atoms with Crippen molar-refractivity contribution < 1.29 is 19.7 Å². The average molecular weight is 356 g/mol.